The molecule has 18 heavy (non-hydrogen) atoms. The lowest BCUT2D eigenvalue weighted by Gasteiger charge is -2.22. The molecule has 2 aromatic rings. The van der Waals surface area contributed by atoms with Gasteiger partial charge in [0.25, 0.3) is 0 Å². The summed E-state index contributed by atoms with van der Waals surface area (Å²) >= 11 is 0. The predicted molar refractivity (Wildman–Crippen MR) is 73.3 cm³/mol. The highest BCUT2D eigenvalue weighted by Crippen LogP contribution is 2.29. The van der Waals surface area contributed by atoms with Gasteiger partial charge in [-0.15, -0.1) is 0 Å². The zero-order chi connectivity index (χ0) is 12.4. The third kappa shape index (κ3) is 1.84. The summed E-state index contributed by atoms with van der Waals surface area (Å²) in [5, 5.41) is 6.59. The van der Waals surface area contributed by atoms with Gasteiger partial charge in [0, 0.05) is 24.2 Å². The molecule has 0 saturated carbocycles. The summed E-state index contributed by atoms with van der Waals surface area (Å²) < 4.78 is 0. The van der Waals surface area contributed by atoms with Crippen molar-refractivity contribution in [3.8, 4) is 0 Å². The Morgan fingerprint density at radius 3 is 2.50 bits per heavy atom. The first-order valence-electron chi connectivity index (χ1n) is 6.07. The number of ketones is 1. The first-order valence-corrected chi connectivity index (χ1v) is 6.07. The molecule has 0 saturated heterocycles. The standard InChI is InChI=1S/C15H14N2O/c18-15(11-5-2-1-3-6-11)12-7-4-8-13-14(12)17-10-9-16-13/h1-8,16-17H,9-10H2. The van der Waals surface area contributed by atoms with Crippen molar-refractivity contribution in [2.24, 2.45) is 0 Å². The van der Waals surface area contributed by atoms with E-state index in [0.29, 0.717) is 0 Å². The van der Waals surface area contributed by atoms with E-state index in [1.807, 2.05) is 48.5 Å². The highest BCUT2D eigenvalue weighted by molar-refractivity contribution is 6.13. The lowest BCUT2D eigenvalue weighted by molar-refractivity contribution is 0.103. The van der Waals surface area contributed by atoms with E-state index in [-0.39, 0.29) is 5.78 Å². The van der Waals surface area contributed by atoms with Gasteiger partial charge >= 0.3 is 0 Å². The van der Waals surface area contributed by atoms with E-state index in [4.69, 9.17) is 0 Å². The van der Waals surface area contributed by atoms with Gasteiger partial charge in [-0.2, -0.15) is 0 Å². The van der Waals surface area contributed by atoms with Crippen LogP contribution in [0, 0.1) is 0 Å². The Labute approximate surface area is 106 Å². The fraction of sp³-hybridized carbons (Fsp3) is 0.133. The third-order valence-corrected chi connectivity index (χ3v) is 3.09. The summed E-state index contributed by atoms with van der Waals surface area (Å²) in [5.74, 6) is 0.0589. The Kier molecular flexibility index (Phi) is 2.73. The Balaban J connectivity index is 2.05. The first-order chi connectivity index (χ1) is 8.86. The summed E-state index contributed by atoms with van der Waals surface area (Å²) in [6, 6.07) is 15.1. The Morgan fingerprint density at radius 2 is 1.67 bits per heavy atom. The third-order valence-electron chi connectivity index (χ3n) is 3.09. The maximum atomic E-state index is 12.5. The van der Waals surface area contributed by atoms with Crippen LogP contribution in [0.15, 0.2) is 48.5 Å². The molecule has 1 aliphatic heterocycles. The smallest absolute Gasteiger partial charge is 0.195 e. The molecule has 1 heterocycles. The molecule has 0 radical (unpaired) electrons. The van der Waals surface area contributed by atoms with Gasteiger partial charge in [0.05, 0.1) is 11.4 Å². The number of anilines is 2. The Bertz CT molecular complexity index is 578. The van der Waals surface area contributed by atoms with Gasteiger partial charge < -0.3 is 10.6 Å². The lowest BCUT2D eigenvalue weighted by atomic mass is 10.00. The number of carbonyl (C=O) groups is 1. The minimum Gasteiger partial charge on any atom is -0.382 e. The quantitative estimate of drug-likeness (QED) is 0.790. The van der Waals surface area contributed by atoms with Crippen molar-refractivity contribution in [2.75, 3.05) is 23.7 Å². The molecule has 3 rings (SSSR count). The Hall–Kier alpha value is -2.29. The number of benzene rings is 2. The molecular weight excluding hydrogens is 224 g/mol. The normalized spacial score (nSPS) is 13.1. The zero-order valence-corrected chi connectivity index (χ0v) is 9.94. The molecule has 0 atom stereocenters. The van der Waals surface area contributed by atoms with E-state index in [9.17, 15) is 4.79 Å². The van der Waals surface area contributed by atoms with Crippen molar-refractivity contribution in [1.29, 1.82) is 0 Å². The van der Waals surface area contributed by atoms with Gasteiger partial charge in [0.2, 0.25) is 0 Å². The Morgan fingerprint density at radius 1 is 0.889 bits per heavy atom. The molecular formula is C15H14N2O. The first kappa shape index (κ1) is 10.8. The van der Waals surface area contributed by atoms with Crippen LogP contribution < -0.4 is 10.6 Å². The summed E-state index contributed by atoms with van der Waals surface area (Å²) in [5.41, 5.74) is 3.37. The molecule has 0 spiro atoms. The highest BCUT2D eigenvalue weighted by atomic mass is 16.1. The fourth-order valence-electron chi connectivity index (χ4n) is 2.21. The van der Waals surface area contributed by atoms with Crippen molar-refractivity contribution in [2.45, 2.75) is 0 Å². The number of hydrogen-bond acceptors (Lipinski definition) is 3. The second-order valence-corrected chi connectivity index (χ2v) is 4.28. The van der Waals surface area contributed by atoms with Crippen molar-refractivity contribution in [3.05, 3.63) is 59.7 Å². The van der Waals surface area contributed by atoms with Gasteiger partial charge in [0.1, 0.15) is 0 Å². The average Bonchev–Trinajstić information content (AvgIpc) is 2.47. The van der Waals surface area contributed by atoms with E-state index in [1.165, 1.54) is 0 Å². The van der Waals surface area contributed by atoms with Crippen LogP contribution in [0.5, 0.6) is 0 Å². The molecule has 0 unspecified atom stereocenters. The number of para-hydroxylation sites is 1. The van der Waals surface area contributed by atoms with Crippen molar-refractivity contribution in [3.63, 3.8) is 0 Å². The minimum atomic E-state index is 0.0589. The van der Waals surface area contributed by atoms with Crippen molar-refractivity contribution < 1.29 is 4.79 Å². The minimum absolute atomic E-state index is 0.0589. The number of fused-ring (bicyclic) bond motifs is 1. The highest BCUT2D eigenvalue weighted by Gasteiger charge is 2.17. The zero-order valence-electron chi connectivity index (χ0n) is 9.94. The fourth-order valence-corrected chi connectivity index (χ4v) is 2.21. The van der Waals surface area contributed by atoms with Gasteiger partial charge in [-0.05, 0) is 12.1 Å². The largest absolute Gasteiger partial charge is 0.382 e. The monoisotopic (exact) mass is 238 g/mol. The van der Waals surface area contributed by atoms with E-state index in [2.05, 4.69) is 10.6 Å². The van der Waals surface area contributed by atoms with Gasteiger partial charge in [-0.25, -0.2) is 0 Å². The van der Waals surface area contributed by atoms with E-state index < -0.39 is 0 Å². The maximum Gasteiger partial charge on any atom is 0.195 e. The van der Waals surface area contributed by atoms with Crippen LogP contribution in [0.3, 0.4) is 0 Å². The lowest BCUT2D eigenvalue weighted by Crippen LogP contribution is -2.22. The summed E-state index contributed by atoms with van der Waals surface area (Å²) in [7, 11) is 0. The molecule has 0 amide bonds. The van der Waals surface area contributed by atoms with Crippen LogP contribution >= 0.6 is 0 Å². The average molecular weight is 238 g/mol. The van der Waals surface area contributed by atoms with Crippen molar-refractivity contribution in [1.82, 2.24) is 0 Å². The molecule has 2 aromatic carbocycles. The molecule has 0 bridgehead atoms. The van der Waals surface area contributed by atoms with Crippen LogP contribution in [-0.4, -0.2) is 18.9 Å². The second kappa shape index (κ2) is 4.53. The number of carbonyl (C=O) groups excluding carboxylic acids is 1. The summed E-state index contributed by atoms with van der Waals surface area (Å²) in [6.07, 6.45) is 0. The molecule has 0 aliphatic carbocycles. The van der Waals surface area contributed by atoms with Crippen LogP contribution in [0.25, 0.3) is 0 Å². The maximum absolute atomic E-state index is 12.5. The van der Waals surface area contributed by atoms with E-state index in [1.54, 1.807) is 0 Å². The van der Waals surface area contributed by atoms with Crippen molar-refractivity contribution >= 4 is 17.2 Å². The molecule has 0 aromatic heterocycles. The molecule has 3 heteroatoms. The van der Waals surface area contributed by atoms with Gasteiger partial charge in [-0.1, -0.05) is 36.4 Å². The number of hydrogen-bond donors (Lipinski definition) is 2. The second-order valence-electron chi connectivity index (χ2n) is 4.28. The molecule has 1 aliphatic rings. The van der Waals surface area contributed by atoms with Gasteiger partial charge in [-0.3, -0.25) is 4.79 Å². The number of rotatable bonds is 2. The van der Waals surface area contributed by atoms with E-state index >= 15 is 0 Å². The number of nitrogens with one attached hydrogen (secondary N) is 2. The summed E-state index contributed by atoms with van der Waals surface area (Å²) in [4.78, 5) is 12.5. The van der Waals surface area contributed by atoms with Crippen LogP contribution in [0.2, 0.25) is 0 Å². The van der Waals surface area contributed by atoms with Crippen LogP contribution in [-0.2, 0) is 0 Å². The van der Waals surface area contributed by atoms with Gasteiger partial charge in [0.15, 0.2) is 5.78 Å². The summed E-state index contributed by atoms with van der Waals surface area (Å²) in [6.45, 7) is 1.72. The molecule has 2 N–H and O–H groups in total. The molecule has 3 nitrogen and oxygen atoms in total. The predicted octanol–water partition coefficient (Wildman–Crippen LogP) is 2.75. The van der Waals surface area contributed by atoms with Crippen LogP contribution in [0.4, 0.5) is 11.4 Å². The topological polar surface area (TPSA) is 41.1 Å². The van der Waals surface area contributed by atoms with E-state index in [0.717, 1.165) is 35.6 Å². The van der Waals surface area contributed by atoms with Crippen LogP contribution in [0.1, 0.15) is 15.9 Å². The molecule has 90 valence electrons. The molecule has 0 fully saturated rings. The SMILES string of the molecule is O=C(c1ccccc1)c1cccc2c1NCCN2.